The number of hydrogen-bond donors (Lipinski definition) is 2. The summed E-state index contributed by atoms with van der Waals surface area (Å²) in [6.07, 6.45) is 1.33. The van der Waals surface area contributed by atoms with Crippen LogP contribution in [-0.2, 0) is 9.59 Å². The van der Waals surface area contributed by atoms with Crippen LogP contribution in [-0.4, -0.2) is 31.1 Å². The van der Waals surface area contributed by atoms with Crippen molar-refractivity contribution < 1.29 is 23.9 Å². The molecule has 2 N–H and O–H groups in total. The molecule has 0 unspecified atom stereocenters. The van der Waals surface area contributed by atoms with Crippen molar-refractivity contribution in [3.63, 3.8) is 0 Å². The number of halogens is 2. The van der Waals surface area contributed by atoms with Crippen LogP contribution in [0.5, 0.6) is 11.5 Å². The molecular formula is C23H17Cl2N3O5. The minimum Gasteiger partial charge on any atom is -0.497 e. The molecule has 33 heavy (non-hydrogen) atoms. The zero-order chi connectivity index (χ0) is 23.8. The second-order valence-corrected chi connectivity index (χ2v) is 7.31. The summed E-state index contributed by atoms with van der Waals surface area (Å²) in [5, 5.41) is 6.67. The van der Waals surface area contributed by atoms with E-state index in [0.717, 1.165) is 0 Å². The van der Waals surface area contributed by atoms with Gasteiger partial charge in [0.1, 0.15) is 11.5 Å². The molecule has 0 spiro atoms. The van der Waals surface area contributed by atoms with Crippen LogP contribution in [0, 0.1) is 0 Å². The van der Waals surface area contributed by atoms with Gasteiger partial charge in [0.05, 0.1) is 29.6 Å². The van der Waals surface area contributed by atoms with E-state index >= 15 is 0 Å². The van der Waals surface area contributed by atoms with E-state index in [1.54, 1.807) is 54.6 Å². The normalized spacial score (nSPS) is 10.5. The van der Waals surface area contributed by atoms with E-state index in [9.17, 15) is 14.4 Å². The molecule has 2 amide bonds. The van der Waals surface area contributed by atoms with Crippen LogP contribution in [0.25, 0.3) is 0 Å². The highest BCUT2D eigenvalue weighted by molar-refractivity contribution is 6.42. The fraction of sp³-hybridized carbons (Fsp3) is 0.0435. The van der Waals surface area contributed by atoms with Crippen LogP contribution in [0.1, 0.15) is 15.9 Å². The van der Waals surface area contributed by atoms with E-state index < -0.39 is 17.8 Å². The molecule has 0 bridgehead atoms. The molecule has 0 aliphatic heterocycles. The lowest BCUT2D eigenvalue weighted by atomic mass is 10.2. The molecule has 0 heterocycles. The Kier molecular flexibility index (Phi) is 8.01. The topological polar surface area (TPSA) is 106 Å². The largest absolute Gasteiger partial charge is 0.497 e. The molecular weight excluding hydrogens is 469 g/mol. The number of rotatable bonds is 6. The fourth-order valence-electron chi connectivity index (χ4n) is 2.50. The molecule has 0 atom stereocenters. The lowest BCUT2D eigenvalue weighted by molar-refractivity contribution is -0.136. The Bertz CT molecular complexity index is 1200. The molecule has 3 aromatic rings. The van der Waals surface area contributed by atoms with Gasteiger partial charge in [0.25, 0.3) is 0 Å². The Hall–Kier alpha value is -3.88. The average Bonchev–Trinajstić information content (AvgIpc) is 2.82. The molecule has 3 aromatic carbocycles. The number of benzene rings is 3. The number of ether oxygens (including phenoxy) is 2. The summed E-state index contributed by atoms with van der Waals surface area (Å²) in [4.78, 5) is 36.1. The molecule has 0 aliphatic rings. The first kappa shape index (κ1) is 23.8. The molecule has 8 nitrogen and oxygen atoms in total. The van der Waals surface area contributed by atoms with Crippen LogP contribution in [0.3, 0.4) is 0 Å². The summed E-state index contributed by atoms with van der Waals surface area (Å²) in [5.74, 6) is -1.51. The highest BCUT2D eigenvalue weighted by atomic mass is 35.5. The third-order valence-corrected chi connectivity index (χ3v) is 4.74. The van der Waals surface area contributed by atoms with Gasteiger partial charge in [-0.1, -0.05) is 23.2 Å². The number of nitrogens with zero attached hydrogens (tertiary/aromatic N) is 1. The van der Waals surface area contributed by atoms with E-state index in [2.05, 4.69) is 15.8 Å². The van der Waals surface area contributed by atoms with Gasteiger partial charge >= 0.3 is 17.8 Å². The van der Waals surface area contributed by atoms with E-state index in [-0.39, 0.29) is 10.7 Å². The summed E-state index contributed by atoms with van der Waals surface area (Å²) in [7, 11) is 1.54. The molecule has 0 saturated heterocycles. The van der Waals surface area contributed by atoms with Gasteiger partial charge in [0, 0.05) is 5.02 Å². The summed E-state index contributed by atoms with van der Waals surface area (Å²) in [6.45, 7) is 0. The van der Waals surface area contributed by atoms with Gasteiger partial charge in [0.15, 0.2) is 0 Å². The minimum absolute atomic E-state index is 0.202. The smallest absolute Gasteiger partial charge is 0.343 e. The minimum atomic E-state index is -0.993. The van der Waals surface area contributed by atoms with Crippen molar-refractivity contribution in [1.29, 1.82) is 0 Å². The van der Waals surface area contributed by atoms with Crippen molar-refractivity contribution in [3.05, 3.63) is 87.9 Å². The van der Waals surface area contributed by atoms with Crippen molar-refractivity contribution >= 4 is 52.9 Å². The monoisotopic (exact) mass is 485 g/mol. The Balaban J connectivity index is 1.52. The van der Waals surface area contributed by atoms with Gasteiger partial charge < -0.3 is 14.8 Å². The Morgan fingerprint density at radius 1 is 0.879 bits per heavy atom. The third kappa shape index (κ3) is 6.80. The molecule has 0 aromatic heterocycles. The lowest BCUT2D eigenvalue weighted by Gasteiger charge is -2.06. The first-order valence-electron chi connectivity index (χ1n) is 9.41. The predicted octanol–water partition coefficient (Wildman–Crippen LogP) is 4.31. The van der Waals surface area contributed by atoms with Crippen molar-refractivity contribution in [1.82, 2.24) is 5.43 Å². The Labute approximate surface area is 199 Å². The molecule has 0 fully saturated rings. The van der Waals surface area contributed by atoms with Gasteiger partial charge in [-0.15, -0.1) is 0 Å². The molecule has 0 saturated carbocycles. The summed E-state index contributed by atoms with van der Waals surface area (Å²) in [5.41, 5.74) is 3.28. The number of nitrogens with one attached hydrogen (secondary N) is 2. The Morgan fingerprint density at radius 3 is 2.21 bits per heavy atom. The number of esters is 1. The maximum atomic E-state index is 12.2. The Morgan fingerprint density at radius 2 is 1.55 bits per heavy atom. The predicted molar refractivity (Wildman–Crippen MR) is 125 cm³/mol. The fourth-order valence-corrected chi connectivity index (χ4v) is 2.84. The van der Waals surface area contributed by atoms with Gasteiger partial charge in [-0.2, -0.15) is 5.10 Å². The number of carbonyl (C=O) groups excluding carboxylic acids is 3. The summed E-state index contributed by atoms with van der Waals surface area (Å²) >= 11 is 11.8. The first-order chi connectivity index (χ1) is 15.9. The molecule has 10 heteroatoms. The number of hydrazone groups is 1. The molecule has 168 valence electrons. The van der Waals surface area contributed by atoms with Crippen LogP contribution in [0.4, 0.5) is 5.69 Å². The molecule has 0 radical (unpaired) electrons. The van der Waals surface area contributed by atoms with Crippen molar-refractivity contribution in [2.75, 3.05) is 12.4 Å². The maximum absolute atomic E-state index is 12.2. The van der Waals surface area contributed by atoms with Crippen molar-refractivity contribution in [3.8, 4) is 11.5 Å². The van der Waals surface area contributed by atoms with Crippen molar-refractivity contribution in [2.45, 2.75) is 0 Å². The van der Waals surface area contributed by atoms with Crippen LogP contribution >= 0.6 is 23.2 Å². The van der Waals surface area contributed by atoms with Gasteiger partial charge in [-0.05, 0) is 72.3 Å². The van der Waals surface area contributed by atoms with Gasteiger partial charge in [0.2, 0.25) is 0 Å². The van der Waals surface area contributed by atoms with Crippen LogP contribution in [0.15, 0.2) is 71.8 Å². The highest BCUT2D eigenvalue weighted by Gasteiger charge is 2.15. The quantitative estimate of drug-likeness (QED) is 0.178. The SMILES string of the molecule is COc1ccc(C(=O)Oc2ccc(/C=N\NC(=O)C(=O)Nc3cc(Cl)ccc3Cl)cc2)cc1. The second-order valence-electron chi connectivity index (χ2n) is 6.46. The second kappa shape index (κ2) is 11.1. The van der Waals surface area contributed by atoms with E-state index in [1.165, 1.54) is 25.5 Å². The molecule has 0 aliphatic carbocycles. The number of hydrogen-bond acceptors (Lipinski definition) is 6. The summed E-state index contributed by atoms with van der Waals surface area (Å²) in [6, 6.07) is 17.4. The zero-order valence-electron chi connectivity index (χ0n) is 17.2. The van der Waals surface area contributed by atoms with Gasteiger partial charge in [-0.25, -0.2) is 10.2 Å². The number of anilines is 1. The third-order valence-electron chi connectivity index (χ3n) is 4.18. The summed E-state index contributed by atoms with van der Waals surface area (Å²) < 4.78 is 10.4. The standard InChI is InChI=1S/C23H17Cl2N3O5/c1-32-17-9-4-15(5-10-17)23(31)33-18-7-2-14(3-8-18)13-26-28-22(30)21(29)27-20-12-16(24)6-11-19(20)25/h2-13H,1H3,(H,27,29)(H,28,30)/b26-13-. The number of carbonyl (C=O) groups is 3. The first-order valence-corrected chi connectivity index (χ1v) is 10.2. The highest BCUT2D eigenvalue weighted by Crippen LogP contribution is 2.25. The van der Waals surface area contributed by atoms with E-state index in [4.69, 9.17) is 32.7 Å². The van der Waals surface area contributed by atoms with Crippen molar-refractivity contribution in [2.24, 2.45) is 5.10 Å². The van der Waals surface area contributed by atoms with E-state index in [1.807, 2.05) is 0 Å². The lowest BCUT2D eigenvalue weighted by Crippen LogP contribution is -2.32. The van der Waals surface area contributed by atoms with Crippen LogP contribution < -0.4 is 20.2 Å². The van der Waals surface area contributed by atoms with Gasteiger partial charge in [-0.3, -0.25) is 9.59 Å². The van der Waals surface area contributed by atoms with Crippen LogP contribution in [0.2, 0.25) is 10.0 Å². The number of amides is 2. The molecule has 3 rings (SSSR count). The van der Waals surface area contributed by atoms with E-state index in [0.29, 0.717) is 27.6 Å². The average molecular weight is 486 g/mol. The maximum Gasteiger partial charge on any atom is 0.343 e. The zero-order valence-corrected chi connectivity index (χ0v) is 18.7. The number of methoxy groups -OCH3 is 1.